The highest BCUT2D eigenvalue weighted by atomic mass is 16.1. The standard InChI is InChI=1S/C8H10NO/c1-7(10)9-8-5-3-2-4-6-8/h2-3,5-6H,4H2,1H3,(H,9,10). The SMILES string of the molecule is CC(=O)NC1=CC=CC[CH]1. The van der Waals surface area contributed by atoms with Crippen LogP contribution in [0.3, 0.4) is 0 Å². The lowest BCUT2D eigenvalue weighted by Gasteiger charge is -2.07. The Morgan fingerprint density at radius 3 is 3.00 bits per heavy atom. The summed E-state index contributed by atoms with van der Waals surface area (Å²) in [5.41, 5.74) is 0.898. The molecule has 0 unspecified atom stereocenters. The molecule has 1 aliphatic rings. The average Bonchev–Trinajstić information content (AvgIpc) is 1.88. The molecule has 1 radical (unpaired) electrons. The van der Waals surface area contributed by atoms with E-state index < -0.39 is 0 Å². The van der Waals surface area contributed by atoms with Gasteiger partial charge in [0.25, 0.3) is 0 Å². The van der Waals surface area contributed by atoms with E-state index in [1.807, 2.05) is 24.6 Å². The second-order valence-corrected chi connectivity index (χ2v) is 2.17. The van der Waals surface area contributed by atoms with Crippen LogP contribution in [0.1, 0.15) is 13.3 Å². The van der Waals surface area contributed by atoms with Crippen LogP contribution in [0.15, 0.2) is 23.9 Å². The minimum atomic E-state index is -0.0159. The third-order valence-corrected chi connectivity index (χ3v) is 1.21. The molecular formula is C8H10NO. The van der Waals surface area contributed by atoms with Crippen molar-refractivity contribution in [3.63, 3.8) is 0 Å². The molecule has 0 aromatic rings. The molecule has 2 nitrogen and oxygen atoms in total. The van der Waals surface area contributed by atoms with Gasteiger partial charge in [0.15, 0.2) is 0 Å². The minimum absolute atomic E-state index is 0.0159. The molecular weight excluding hydrogens is 126 g/mol. The Morgan fingerprint density at radius 1 is 1.70 bits per heavy atom. The highest BCUT2D eigenvalue weighted by Gasteiger charge is 1.99. The molecule has 0 aromatic heterocycles. The second kappa shape index (κ2) is 3.20. The fraction of sp³-hybridized carbons (Fsp3) is 0.250. The number of amides is 1. The molecule has 1 aliphatic carbocycles. The van der Waals surface area contributed by atoms with Gasteiger partial charge in [-0.1, -0.05) is 12.2 Å². The van der Waals surface area contributed by atoms with E-state index in [2.05, 4.69) is 5.32 Å². The first kappa shape index (κ1) is 7.06. The molecule has 53 valence electrons. The van der Waals surface area contributed by atoms with Gasteiger partial charge in [-0.15, -0.1) is 0 Å². The van der Waals surface area contributed by atoms with Crippen LogP contribution in [0.25, 0.3) is 0 Å². The van der Waals surface area contributed by atoms with Gasteiger partial charge in [0, 0.05) is 19.0 Å². The fourth-order valence-corrected chi connectivity index (χ4v) is 0.809. The van der Waals surface area contributed by atoms with Gasteiger partial charge in [0.05, 0.1) is 0 Å². The van der Waals surface area contributed by atoms with Gasteiger partial charge in [-0.2, -0.15) is 0 Å². The number of allylic oxidation sites excluding steroid dienone is 4. The van der Waals surface area contributed by atoms with Gasteiger partial charge in [-0.3, -0.25) is 4.79 Å². The number of nitrogens with one attached hydrogen (secondary N) is 1. The summed E-state index contributed by atoms with van der Waals surface area (Å²) in [6, 6.07) is 0. The van der Waals surface area contributed by atoms with Crippen molar-refractivity contribution in [2.75, 3.05) is 0 Å². The van der Waals surface area contributed by atoms with Crippen LogP contribution in [-0.2, 0) is 4.79 Å². The van der Waals surface area contributed by atoms with E-state index in [0.717, 1.165) is 12.1 Å². The molecule has 0 fully saturated rings. The lowest BCUT2D eigenvalue weighted by Crippen LogP contribution is -2.19. The largest absolute Gasteiger partial charge is 0.330 e. The number of carbonyl (C=O) groups is 1. The molecule has 0 aliphatic heterocycles. The minimum Gasteiger partial charge on any atom is -0.330 e. The van der Waals surface area contributed by atoms with Gasteiger partial charge < -0.3 is 5.32 Å². The number of rotatable bonds is 1. The predicted octanol–water partition coefficient (Wildman–Crippen LogP) is 1.17. The Bertz CT molecular complexity index is 191. The third kappa shape index (κ3) is 2.05. The molecule has 1 amide bonds. The highest BCUT2D eigenvalue weighted by molar-refractivity contribution is 5.75. The Balaban J connectivity index is 2.47. The number of hydrogen-bond donors (Lipinski definition) is 1. The van der Waals surface area contributed by atoms with E-state index in [-0.39, 0.29) is 5.91 Å². The van der Waals surface area contributed by atoms with Crippen LogP contribution in [-0.4, -0.2) is 5.91 Å². The Kier molecular flexibility index (Phi) is 2.26. The van der Waals surface area contributed by atoms with Crippen molar-refractivity contribution < 1.29 is 4.79 Å². The summed E-state index contributed by atoms with van der Waals surface area (Å²) in [4.78, 5) is 10.5. The van der Waals surface area contributed by atoms with Gasteiger partial charge >= 0.3 is 0 Å². The van der Waals surface area contributed by atoms with E-state index in [4.69, 9.17) is 0 Å². The fourth-order valence-electron chi connectivity index (χ4n) is 0.809. The van der Waals surface area contributed by atoms with Crippen molar-refractivity contribution >= 4 is 5.91 Å². The summed E-state index contributed by atoms with van der Waals surface area (Å²) in [6.45, 7) is 1.51. The van der Waals surface area contributed by atoms with E-state index >= 15 is 0 Å². The van der Waals surface area contributed by atoms with Crippen LogP contribution < -0.4 is 5.32 Å². The lowest BCUT2D eigenvalue weighted by atomic mass is 10.1. The van der Waals surface area contributed by atoms with Crippen molar-refractivity contribution in [3.8, 4) is 0 Å². The summed E-state index contributed by atoms with van der Waals surface area (Å²) in [7, 11) is 0. The maximum absolute atomic E-state index is 10.5. The molecule has 0 spiro atoms. The number of carbonyl (C=O) groups excluding carboxylic acids is 1. The van der Waals surface area contributed by atoms with Crippen molar-refractivity contribution in [2.24, 2.45) is 0 Å². The smallest absolute Gasteiger partial charge is 0.221 e. The molecule has 0 saturated heterocycles. The molecule has 0 bridgehead atoms. The zero-order valence-corrected chi connectivity index (χ0v) is 5.92. The molecule has 10 heavy (non-hydrogen) atoms. The molecule has 0 atom stereocenters. The Morgan fingerprint density at radius 2 is 2.50 bits per heavy atom. The van der Waals surface area contributed by atoms with Crippen molar-refractivity contribution in [2.45, 2.75) is 13.3 Å². The first-order valence-corrected chi connectivity index (χ1v) is 3.26. The van der Waals surface area contributed by atoms with Crippen molar-refractivity contribution in [3.05, 3.63) is 30.3 Å². The zero-order valence-electron chi connectivity index (χ0n) is 5.92. The second-order valence-electron chi connectivity index (χ2n) is 2.17. The van der Waals surface area contributed by atoms with Crippen LogP contribution in [0.2, 0.25) is 0 Å². The molecule has 0 heterocycles. The Labute approximate surface area is 60.6 Å². The summed E-state index contributed by atoms with van der Waals surface area (Å²) < 4.78 is 0. The maximum Gasteiger partial charge on any atom is 0.221 e. The predicted molar refractivity (Wildman–Crippen MR) is 40.0 cm³/mol. The van der Waals surface area contributed by atoms with Crippen LogP contribution in [0.4, 0.5) is 0 Å². The number of hydrogen-bond acceptors (Lipinski definition) is 1. The van der Waals surface area contributed by atoms with Crippen LogP contribution in [0, 0.1) is 6.42 Å². The lowest BCUT2D eigenvalue weighted by molar-refractivity contribution is -0.118. The van der Waals surface area contributed by atoms with Gasteiger partial charge in [-0.25, -0.2) is 0 Å². The summed E-state index contributed by atoms with van der Waals surface area (Å²) >= 11 is 0. The van der Waals surface area contributed by atoms with E-state index in [1.54, 1.807) is 0 Å². The van der Waals surface area contributed by atoms with E-state index in [0.29, 0.717) is 0 Å². The summed E-state index contributed by atoms with van der Waals surface area (Å²) in [5, 5.41) is 2.70. The summed E-state index contributed by atoms with van der Waals surface area (Å²) in [6.07, 6.45) is 8.73. The molecule has 1 N–H and O–H groups in total. The quantitative estimate of drug-likeness (QED) is 0.576. The molecule has 0 saturated carbocycles. The Hall–Kier alpha value is -1.05. The van der Waals surface area contributed by atoms with E-state index in [1.165, 1.54) is 6.92 Å². The zero-order chi connectivity index (χ0) is 7.40. The first-order valence-electron chi connectivity index (χ1n) is 3.26. The highest BCUT2D eigenvalue weighted by Crippen LogP contribution is 2.06. The first-order chi connectivity index (χ1) is 4.79. The van der Waals surface area contributed by atoms with Crippen molar-refractivity contribution in [1.29, 1.82) is 0 Å². The molecule has 2 heteroatoms. The van der Waals surface area contributed by atoms with Gasteiger partial charge in [-0.05, 0) is 12.5 Å². The van der Waals surface area contributed by atoms with Gasteiger partial charge in [0.1, 0.15) is 0 Å². The van der Waals surface area contributed by atoms with Crippen LogP contribution in [0.5, 0.6) is 0 Å². The molecule has 1 rings (SSSR count). The van der Waals surface area contributed by atoms with E-state index in [9.17, 15) is 4.79 Å². The average molecular weight is 136 g/mol. The van der Waals surface area contributed by atoms with Crippen molar-refractivity contribution in [1.82, 2.24) is 5.32 Å². The van der Waals surface area contributed by atoms with Crippen LogP contribution >= 0.6 is 0 Å². The maximum atomic E-state index is 10.5. The third-order valence-electron chi connectivity index (χ3n) is 1.21. The summed E-state index contributed by atoms with van der Waals surface area (Å²) in [5.74, 6) is -0.0159. The monoisotopic (exact) mass is 136 g/mol. The molecule has 0 aromatic carbocycles. The topological polar surface area (TPSA) is 29.1 Å². The normalized spacial score (nSPS) is 16.3. The van der Waals surface area contributed by atoms with Gasteiger partial charge in [0.2, 0.25) is 5.91 Å².